The van der Waals surface area contributed by atoms with E-state index >= 15 is 0 Å². The third-order valence-electron chi connectivity index (χ3n) is 6.74. The zero-order valence-electron chi connectivity index (χ0n) is 16.6. The molecule has 1 atom stereocenters. The van der Waals surface area contributed by atoms with Crippen LogP contribution in [0.4, 0.5) is 22.7 Å². The van der Waals surface area contributed by atoms with E-state index in [4.69, 9.17) is 6.58 Å². The summed E-state index contributed by atoms with van der Waals surface area (Å²) in [6, 6.07) is 28.4. The monoisotopic (exact) mass is 366 g/mol. The number of benzene rings is 3. The lowest BCUT2D eigenvalue weighted by Gasteiger charge is -2.49. The maximum absolute atomic E-state index is 4.73. The van der Waals surface area contributed by atoms with Crippen molar-refractivity contribution in [2.75, 3.05) is 9.80 Å². The van der Waals surface area contributed by atoms with Crippen molar-refractivity contribution in [2.45, 2.75) is 38.3 Å². The van der Waals surface area contributed by atoms with Crippen LogP contribution in [0.3, 0.4) is 0 Å². The molecule has 0 fully saturated rings. The molecule has 2 heteroatoms. The van der Waals surface area contributed by atoms with E-state index in [1.54, 1.807) is 0 Å². The summed E-state index contributed by atoms with van der Waals surface area (Å²) in [6.07, 6.45) is 2.21. The minimum absolute atomic E-state index is 0.00711. The van der Waals surface area contributed by atoms with Crippen LogP contribution in [0.1, 0.15) is 32.3 Å². The molecule has 5 rings (SSSR count). The van der Waals surface area contributed by atoms with Crippen LogP contribution in [-0.4, -0.2) is 6.17 Å². The largest absolute Gasteiger partial charge is 0.314 e. The fourth-order valence-electron chi connectivity index (χ4n) is 5.29. The standard InChI is InChI=1S/C26H26N2/c1-4-26(5-2)19(3)25-27(20-13-7-6-8-14-20)23-17-11-12-18-24(23)28(25)22-16-10-9-15-21(22)26/h6-18,25H,3-5H2,1-2H3. The molecule has 0 N–H and O–H groups in total. The fourth-order valence-corrected chi connectivity index (χ4v) is 5.29. The lowest BCUT2D eigenvalue weighted by Crippen LogP contribution is -2.50. The summed E-state index contributed by atoms with van der Waals surface area (Å²) in [5.41, 5.74) is 7.72. The topological polar surface area (TPSA) is 6.48 Å². The Morgan fingerprint density at radius 1 is 0.714 bits per heavy atom. The number of hydrogen-bond acceptors (Lipinski definition) is 2. The highest BCUT2D eigenvalue weighted by Gasteiger charge is 2.51. The number of hydrogen-bond donors (Lipinski definition) is 0. The van der Waals surface area contributed by atoms with Gasteiger partial charge in [0, 0.05) is 16.8 Å². The number of rotatable bonds is 3. The second kappa shape index (κ2) is 6.27. The molecule has 2 aliphatic heterocycles. The predicted octanol–water partition coefficient (Wildman–Crippen LogP) is 6.93. The Labute approximate surface area is 167 Å². The van der Waals surface area contributed by atoms with E-state index < -0.39 is 0 Å². The van der Waals surface area contributed by atoms with Crippen LogP contribution in [0, 0.1) is 0 Å². The van der Waals surface area contributed by atoms with E-state index in [1.165, 1.54) is 33.9 Å². The first-order valence-electron chi connectivity index (χ1n) is 10.2. The number of fused-ring (bicyclic) bond motifs is 5. The van der Waals surface area contributed by atoms with Crippen LogP contribution in [0.5, 0.6) is 0 Å². The second-order valence-electron chi connectivity index (χ2n) is 7.77. The van der Waals surface area contributed by atoms with Crippen LogP contribution < -0.4 is 9.80 Å². The van der Waals surface area contributed by atoms with E-state index in [2.05, 4.69) is 103 Å². The Hall–Kier alpha value is -3.00. The van der Waals surface area contributed by atoms with E-state index in [0.717, 1.165) is 12.8 Å². The molecule has 0 saturated carbocycles. The third-order valence-corrected chi connectivity index (χ3v) is 6.74. The Balaban J connectivity index is 1.82. The average molecular weight is 367 g/mol. The Morgan fingerprint density at radius 2 is 1.25 bits per heavy atom. The molecular formula is C26H26N2. The van der Waals surface area contributed by atoms with Crippen molar-refractivity contribution in [1.82, 2.24) is 0 Å². The molecule has 3 aromatic rings. The summed E-state index contributed by atoms with van der Waals surface area (Å²) in [5.74, 6) is 0. The van der Waals surface area contributed by atoms with Crippen LogP contribution in [-0.2, 0) is 5.41 Å². The van der Waals surface area contributed by atoms with E-state index in [-0.39, 0.29) is 11.6 Å². The van der Waals surface area contributed by atoms with Gasteiger partial charge in [0.2, 0.25) is 0 Å². The molecule has 3 aromatic carbocycles. The number of para-hydroxylation sites is 4. The summed E-state index contributed by atoms with van der Waals surface area (Å²) < 4.78 is 0. The molecule has 1 unspecified atom stereocenters. The van der Waals surface area contributed by atoms with Gasteiger partial charge in [-0.1, -0.05) is 69.0 Å². The quantitative estimate of drug-likeness (QED) is 0.464. The first-order valence-corrected chi connectivity index (χ1v) is 10.2. The van der Waals surface area contributed by atoms with Gasteiger partial charge >= 0.3 is 0 Å². The van der Waals surface area contributed by atoms with E-state index in [9.17, 15) is 0 Å². The van der Waals surface area contributed by atoms with Crippen molar-refractivity contribution in [1.29, 1.82) is 0 Å². The minimum Gasteiger partial charge on any atom is -0.314 e. The van der Waals surface area contributed by atoms with Crippen molar-refractivity contribution in [2.24, 2.45) is 0 Å². The van der Waals surface area contributed by atoms with Gasteiger partial charge in [-0.2, -0.15) is 0 Å². The zero-order chi connectivity index (χ0) is 19.3. The van der Waals surface area contributed by atoms with E-state index in [1.807, 2.05) is 0 Å². The number of nitrogens with zero attached hydrogens (tertiary/aromatic N) is 2. The van der Waals surface area contributed by atoms with Gasteiger partial charge in [0.25, 0.3) is 0 Å². The Kier molecular flexibility index (Phi) is 3.83. The maximum atomic E-state index is 4.73. The lowest BCUT2D eigenvalue weighted by molar-refractivity contribution is 0.425. The summed E-state index contributed by atoms with van der Waals surface area (Å²) in [5, 5.41) is 0. The first-order chi connectivity index (χ1) is 13.7. The zero-order valence-corrected chi connectivity index (χ0v) is 16.6. The van der Waals surface area contributed by atoms with Crippen molar-refractivity contribution in [3.05, 3.63) is 96.6 Å². The summed E-state index contributed by atoms with van der Waals surface area (Å²) in [4.78, 5) is 4.96. The van der Waals surface area contributed by atoms with Crippen molar-refractivity contribution < 1.29 is 0 Å². The fraction of sp³-hybridized carbons (Fsp3) is 0.231. The molecule has 0 spiro atoms. The number of anilines is 4. The molecule has 0 radical (unpaired) electrons. The highest BCUT2D eigenvalue weighted by molar-refractivity contribution is 5.92. The van der Waals surface area contributed by atoms with Gasteiger partial charge in [-0.25, -0.2) is 0 Å². The van der Waals surface area contributed by atoms with E-state index in [0.29, 0.717) is 0 Å². The van der Waals surface area contributed by atoms with Gasteiger partial charge in [0.1, 0.15) is 6.17 Å². The summed E-state index contributed by atoms with van der Waals surface area (Å²) in [6.45, 7) is 9.33. The van der Waals surface area contributed by atoms with Crippen molar-refractivity contribution in [3.63, 3.8) is 0 Å². The highest BCUT2D eigenvalue weighted by Crippen LogP contribution is 2.58. The molecule has 2 aliphatic rings. The van der Waals surface area contributed by atoms with Crippen LogP contribution in [0.2, 0.25) is 0 Å². The Morgan fingerprint density at radius 3 is 1.89 bits per heavy atom. The van der Waals surface area contributed by atoms with Crippen LogP contribution in [0.25, 0.3) is 0 Å². The molecular weight excluding hydrogens is 340 g/mol. The van der Waals surface area contributed by atoms with Gasteiger partial charge in [0.15, 0.2) is 0 Å². The van der Waals surface area contributed by atoms with Gasteiger partial charge < -0.3 is 9.80 Å². The summed E-state index contributed by atoms with van der Waals surface area (Å²) >= 11 is 0. The molecule has 0 aromatic heterocycles. The van der Waals surface area contributed by atoms with Crippen LogP contribution >= 0.6 is 0 Å². The molecule has 2 heterocycles. The first kappa shape index (κ1) is 17.1. The van der Waals surface area contributed by atoms with Crippen LogP contribution in [0.15, 0.2) is 91.0 Å². The Bertz CT molecular complexity index is 1030. The van der Waals surface area contributed by atoms with Gasteiger partial charge in [0.05, 0.1) is 11.4 Å². The molecule has 0 aliphatic carbocycles. The van der Waals surface area contributed by atoms with Gasteiger partial charge in [-0.3, -0.25) is 0 Å². The smallest absolute Gasteiger partial charge is 0.134 e. The molecule has 0 bridgehead atoms. The predicted molar refractivity (Wildman–Crippen MR) is 119 cm³/mol. The van der Waals surface area contributed by atoms with Crippen molar-refractivity contribution >= 4 is 22.7 Å². The molecule has 28 heavy (non-hydrogen) atoms. The normalized spacial score (nSPS) is 19.2. The molecule has 2 nitrogen and oxygen atoms in total. The third kappa shape index (κ3) is 2.09. The van der Waals surface area contributed by atoms with Crippen molar-refractivity contribution in [3.8, 4) is 0 Å². The minimum atomic E-state index is -0.00711. The molecule has 0 amide bonds. The highest BCUT2D eigenvalue weighted by atomic mass is 15.4. The van der Waals surface area contributed by atoms with Gasteiger partial charge in [-0.05, 0) is 54.3 Å². The molecule has 140 valence electrons. The molecule has 0 saturated heterocycles. The average Bonchev–Trinajstić information content (AvgIpc) is 3.11. The van der Waals surface area contributed by atoms with Gasteiger partial charge in [-0.15, -0.1) is 0 Å². The second-order valence-corrected chi connectivity index (χ2v) is 7.77. The lowest BCUT2D eigenvalue weighted by atomic mass is 9.66. The SMILES string of the molecule is C=C1C2N(c3ccccc3)c3ccccc3N2c2ccccc2C1(CC)CC. The maximum Gasteiger partial charge on any atom is 0.134 e. The summed E-state index contributed by atoms with van der Waals surface area (Å²) in [7, 11) is 0.